The van der Waals surface area contributed by atoms with Crippen molar-refractivity contribution < 1.29 is 13.5 Å². The van der Waals surface area contributed by atoms with Gasteiger partial charge in [0, 0.05) is 25.2 Å². The molecule has 1 saturated heterocycles. The van der Waals surface area contributed by atoms with Crippen LogP contribution in [0.1, 0.15) is 18.7 Å². The number of fused-ring (bicyclic) bond motifs is 4. The number of benzene rings is 1. The van der Waals surface area contributed by atoms with Gasteiger partial charge in [-0.3, -0.25) is 0 Å². The van der Waals surface area contributed by atoms with E-state index in [1.807, 2.05) is 4.90 Å². The third-order valence-electron chi connectivity index (χ3n) is 6.36. The largest absolute Gasteiger partial charge is 0.421 e. The molecule has 2 atom stereocenters. The molecular weight excluding hydrogens is 418 g/mol. The second-order valence-corrected chi connectivity index (χ2v) is 8.36. The van der Waals surface area contributed by atoms with Gasteiger partial charge < -0.3 is 25.7 Å². The third kappa shape index (κ3) is 2.70. The summed E-state index contributed by atoms with van der Waals surface area (Å²) < 4.78 is 35.3. The molecule has 4 heterocycles. The first-order valence-corrected chi connectivity index (χ1v) is 10.3. The van der Waals surface area contributed by atoms with Crippen LogP contribution in [0.25, 0.3) is 21.9 Å². The number of piperidine rings is 1. The van der Waals surface area contributed by atoms with E-state index >= 15 is 4.39 Å². The summed E-state index contributed by atoms with van der Waals surface area (Å²) in [5.41, 5.74) is 7.29. The zero-order chi connectivity index (χ0) is 22.2. The molecule has 1 saturated carbocycles. The van der Waals surface area contributed by atoms with E-state index in [4.69, 9.17) is 10.5 Å². The number of halogens is 2. The maximum Gasteiger partial charge on any atom is 0.326 e. The number of nitrogens with two attached hydrogens (primary N) is 1. The van der Waals surface area contributed by atoms with E-state index in [1.165, 1.54) is 12.4 Å². The van der Waals surface area contributed by atoms with Crippen LogP contribution >= 0.6 is 0 Å². The number of anilines is 2. The lowest BCUT2D eigenvalue weighted by Gasteiger charge is -2.20. The highest BCUT2D eigenvalue weighted by Crippen LogP contribution is 2.50. The second-order valence-electron chi connectivity index (χ2n) is 8.36. The minimum atomic E-state index is -0.954. The number of rotatable bonds is 4. The molecule has 0 radical (unpaired) electrons. The molecular formula is C21H20F2N8O. The van der Waals surface area contributed by atoms with E-state index in [1.54, 1.807) is 14.0 Å². The number of ether oxygens (including phenoxy) is 1. The van der Waals surface area contributed by atoms with Crippen molar-refractivity contribution in [1.29, 1.82) is 0 Å². The number of aromatic nitrogens is 5. The summed E-state index contributed by atoms with van der Waals surface area (Å²) in [4.78, 5) is 22.4. The normalized spacial score (nSPS) is 21.9. The van der Waals surface area contributed by atoms with E-state index < -0.39 is 11.6 Å². The number of aromatic amines is 1. The standard InChI is InChI=1S/C21H20F2N8O/c1-9-26-7-10(8-27-9)32-20-29-18-15(19(30-20)31-4-3-21(24)6-13(21)31)14-16(23)11(22)5-12(25-2)17(14)28-18/h5,7-8,13,25H,3-4,6,24H2,1-2H3,(H,28,29,30)/t13-,21?/m0/s1. The van der Waals surface area contributed by atoms with Crippen LogP contribution in [0.4, 0.5) is 20.3 Å². The van der Waals surface area contributed by atoms with Gasteiger partial charge in [-0.1, -0.05) is 0 Å². The summed E-state index contributed by atoms with van der Waals surface area (Å²) in [5.74, 6) is -0.472. The first-order valence-electron chi connectivity index (χ1n) is 10.3. The van der Waals surface area contributed by atoms with Crippen LogP contribution in [0, 0.1) is 18.6 Å². The second kappa shape index (κ2) is 6.45. The highest BCUT2D eigenvalue weighted by atomic mass is 19.2. The summed E-state index contributed by atoms with van der Waals surface area (Å²) in [6.07, 6.45) is 4.67. The van der Waals surface area contributed by atoms with Crippen molar-refractivity contribution in [2.75, 3.05) is 23.8 Å². The van der Waals surface area contributed by atoms with Gasteiger partial charge in [-0.25, -0.2) is 18.7 Å². The number of hydrogen-bond acceptors (Lipinski definition) is 8. The molecule has 1 aliphatic carbocycles. The Bertz CT molecular complexity index is 1390. The fourth-order valence-electron chi connectivity index (χ4n) is 4.58. The Kier molecular flexibility index (Phi) is 3.85. The first kappa shape index (κ1) is 19.1. The molecule has 1 unspecified atom stereocenters. The molecule has 11 heteroatoms. The monoisotopic (exact) mass is 438 g/mol. The predicted molar refractivity (Wildman–Crippen MR) is 115 cm³/mol. The van der Waals surface area contributed by atoms with Gasteiger partial charge in [0.25, 0.3) is 0 Å². The van der Waals surface area contributed by atoms with Gasteiger partial charge in [-0.2, -0.15) is 9.97 Å². The molecule has 4 N–H and O–H groups in total. The Labute approximate surface area is 181 Å². The van der Waals surface area contributed by atoms with Crippen LogP contribution in [-0.2, 0) is 0 Å². The lowest BCUT2D eigenvalue weighted by Crippen LogP contribution is -2.27. The van der Waals surface area contributed by atoms with Crippen LogP contribution < -0.4 is 20.7 Å². The highest BCUT2D eigenvalue weighted by molar-refractivity contribution is 6.15. The highest BCUT2D eigenvalue weighted by Gasteiger charge is 2.59. The Morgan fingerprint density at radius 3 is 2.69 bits per heavy atom. The molecule has 6 rings (SSSR count). The van der Waals surface area contributed by atoms with E-state index in [0.29, 0.717) is 46.2 Å². The molecule has 2 fully saturated rings. The molecule has 3 aromatic heterocycles. The maximum absolute atomic E-state index is 15.0. The average Bonchev–Trinajstić information content (AvgIpc) is 3.12. The molecule has 9 nitrogen and oxygen atoms in total. The molecule has 0 spiro atoms. The third-order valence-corrected chi connectivity index (χ3v) is 6.36. The van der Waals surface area contributed by atoms with Gasteiger partial charge in [0.05, 0.1) is 40.4 Å². The van der Waals surface area contributed by atoms with Crippen molar-refractivity contribution in [2.24, 2.45) is 5.73 Å². The summed E-state index contributed by atoms with van der Waals surface area (Å²) >= 11 is 0. The first-order chi connectivity index (χ1) is 15.4. The van der Waals surface area contributed by atoms with Gasteiger partial charge >= 0.3 is 6.01 Å². The van der Waals surface area contributed by atoms with Crippen molar-refractivity contribution in [1.82, 2.24) is 24.9 Å². The smallest absolute Gasteiger partial charge is 0.326 e. The number of nitrogens with zero attached hydrogens (tertiary/aromatic N) is 5. The van der Waals surface area contributed by atoms with Crippen molar-refractivity contribution in [3.63, 3.8) is 0 Å². The molecule has 4 aromatic rings. The Balaban J connectivity index is 1.59. The van der Waals surface area contributed by atoms with Gasteiger partial charge in [-0.15, -0.1) is 0 Å². The van der Waals surface area contributed by atoms with Crippen molar-refractivity contribution in [2.45, 2.75) is 31.3 Å². The molecule has 1 aromatic carbocycles. The van der Waals surface area contributed by atoms with Gasteiger partial charge in [0.2, 0.25) is 0 Å². The summed E-state index contributed by atoms with van der Waals surface area (Å²) in [7, 11) is 1.64. The fraction of sp³-hybridized carbons (Fsp3) is 0.333. The van der Waals surface area contributed by atoms with E-state index in [-0.39, 0.29) is 23.0 Å². The number of hydrogen-bond donors (Lipinski definition) is 3. The van der Waals surface area contributed by atoms with Crippen LogP contribution in [0.2, 0.25) is 0 Å². The van der Waals surface area contributed by atoms with Crippen molar-refractivity contribution in [3.8, 4) is 11.8 Å². The summed E-state index contributed by atoms with van der Waals surface area (Å²) in [6.45, 7) is 2.42. The van der Waals surface area contributed by atoms with Crippen LogP contribution in [-0.4, -0.2) is 50.1 Å². The minimum Gasteiger partial charge on any atom is -0.421 e. The summed E-state index contributed by atoms with van der Waals surface area (Å²) in [5, 5.41) is 3.40. The molecule has 1 aliphatic heterocycles. The van der Waals surface area contributed by atoms with Crippen molar-refractivity contribution in [3.05, 3.63) is 35.9 Å². The van der Waals surface area contributed by atoms with Crippen LogP contribution in [0.15, 0.2) is 18.5 Å². The molecule has 164 valence electrons. The molecule has 2 aliphatic rings. The van der Waals surface area contributed by atoms with Crippen LogP contribution in [0.5, 0.6) is 11.8 Å². The number of aryl methyl sites for hydroxylation is 1. The van der Waals surface area contributed by atoms with Gasteiger partial charge in [-0.05, 0) is 19.8 Å². The zero-order valence-electron chi connectivity index (χ0n) is 17.4. The number of H-pyrrole nitrogens is 1. The van der Waals surface area contributed by atoms with Gasteiger partial charge in [0.15, 0.2) is 17.4 Å². The zero-order valence-corrected chi connectivity index (χ0v) is 17.4. The maximum atomic E-state index is 15.0. The van der Waals surface area contributed by atoms with Gasteiger partial charge in [0.1, 0.15) is 17.3 Å². The predicted octanol–water partition coefficient (Wildman–Crippen LogP) is 3.00. The molecule has 0 amide bonds. The fourth-order valence-corrected chi connectivity index (χ4v) is 4.58. The Hall–Kier alpha value is -3.60. The lowest BCUT2D eigenvalue weighted by atomic mass is 10.1. The lowest BCUT2D eigenvalue weighted by molar-refractivity contribution is 0.439. The van der Waals surface area contributed by atoms with E-state index in [9.17, 15) is 4.39 Å². The molecule has 32 heavy (non-hydrogen) atoms. The van der Waals surface area contributed by atoms with Crippen molar-refractivity contribution >= 4 is 33.4 Å². The minimum absolute atomic E-state index is 0.0496. The van der Waals surface area contributed by atoms with E-state index in [2.05, 4.69) is 30.2 Å². The van der Waals surface area contributed by atoms with E-state index in [0.717, 1.165) is 18.9 Å². The topological polar surface area (TPSA) is 118 Å². The SMILES string of the molecule is CNc1cc(F)c(F)c2c1[nH]c1nc(Oc3cnc(C)nc3)nc(N3CCC4(N)C[C@H]34)c12. The average molecular weight is 438 g/mol. The number of nitrogens with one attached hydrogen (secondary N) is 2. The van der Waals surface area contributed by atoms with Crippen LogP contribution in [0.3, 0.4) is 0 Å². The Morgan fingerprint density at radius 1 is 1.25 bits per heavy atom. The molecule has 0 bridgehead atoms. The Morgan fingerprint density at radius 2 is 2.03 bits per heavy atom. The summed E-state index contributed by atoms with van der Waals surface area (Å²) in [6, 6.07) is 1.25. The quantitative estimate of drug-likeness (QED) is 0.445.